The molecule has 1 aromatic rings. The Labute approximate surface area is 108 Å². The van der Waals surface area contributed by atoms with Gasteiger partial charge in [-0.3, -0.25) is 4.79 Å². The van der Waals surface area contributed by atoms with Gasteiger partial charge < -0.3 is 5.32 Å². The molecule has 0 radical (unpaired) electrons. The summed E-state index contributed by atoms with van der Waals surface area (Å²) in [6.45, 7) is 2.00. The number of amides is 1. The van der Waals surface area contributed by atoms with Crippen molar-refractivity contribution in [3.8, 4) is 0 Å². The maximum Gasteiger partial charge on any atom is 0.254 e. The van der Waals surface area contributed by atoms with Crippen LogP contribution < -0.4 is 5.32 Å². The minimum atomic E-state index is -0.458. The number of carbonyl (C=O) groups excluding carboxylic acids is 1. The predicted molar refractivity (Wildman–Crippen MR) is 68.8 cm³/mol. The average molecular weight is 333 g/mol. The number of halogens is 2. The van der Waals surface area contributed by atoms with Crippen LogP contribution in [-0.2, 0) is 0 Å². The third-order valence-electron chi connectivity index (χ3n) is 3.05. The van der Waals surface area contributed by atoms with E-state index in [9.17, 15) is 9.18 Å². The fourth-order valence-electron chi connectivity index (χ4n) is 1.85. The van der Waals surface area contributed by atoms with Crippen LogP contribution in [0.5, 0.6) is 0 Å². The summed E-state index contributed by atoms with van der Waals surface area (Å²) < 4.78 is 14.3. The van der Waals surface area contributed by atoms with Gasteiger partial charge in [0.2, 0.25) is 0 Å². The second kappa shape index (κ2) is 4.31. The summed E-state index contributed by atoms with van der Waals surface area (Å²) in [4.78, 5) is 11.9. The Balaban J connectivity index is 2.17. The molecule has 1 amide bonds. The SMILES string of the molecule is CC1(NC(=O)c2cc(I)ccc2F)CCC1. The molecule has 1 aromatic carbocycles. The lowest BCUT2D eigenvalue weighted by Gasteiger charge is -2.39. The van der Waals surface area contributed by atoms with E-state index in [2.05, 4.69) is 27.9 Å². The molecule has 0 saturated heterocycles. The van der Waals surface area contributed by atoms with Crippen LogP contribution in [0, 0.1) is 9.39 Å². The molecular weight excluding hydrogens is 320 g/mol. The second-order valence-corrected chi connectivity index (χ2v) is 5.74. The molecule has 2 nitrogen and oxygen atoms in total. The van der Waals surface area contributed by atoms with Crippen LogP contribution in [0.15, 0.2) is 18.2 Å². The molecule has 4 heteroatoms. The molecule has 1 fully saturated rings. The molecule has 1 aliphatic carbocycles. The topological polar surface area (TPSA) is 29.1 Å². The van der Waals surface area contributed by atoms with Gasteiger partial charge in [-0.25, -0.2) is 4.39 Å². The standard InChI is InChI=1S/C12H13FINO/c1-12(5-2-6-12)15-11(16)9-7-8(14)3-4-10(9)13/h3-4,7H,2,5-6H2,1H3,(H,15,16). The van der Waals surface area contributed by atoms with Crippen molar-refractivity contribution in [2.24, 2.45) is 0 Å². The van der Waals surface area contributed by atoms with Gasteiger partial charge in [-0.05, 0) is 67.0 Å². The van der Waals surface area contributed by atoms with Crippen LogP contribution in [0.4, 0.5) is 4.39 Å². The Bertz CT molecular complexity index is 429. The molecular formula is C12H13FINO. The number of hydrogen-bond donors (Lipinski definition) is 1. The van der Waals surface area contributed by atoms with Gasteiger partial charge in [0.05, 0.1) is 5.56 Å². The Kier molecular flexibility index (Phi) is 3.19. The second-order valence-electron chi connectivity index (χ2n) is 4.49. The van der Waals surface area contributed by atoms with Crippen LogP contribution in [0.3, 0.4) is 0 Å². The minimum absolute atomic E-state index is 0.134. The van der Waals surface area contributed by atoms with Crippen molar-refractivity contribution in [1.29, 1.82) is 0 Å². The van der Waals surface area contributed by atoms with Gasteiger partial charge in [-0.15, -0.1) is 0 Å². The van der Waals surface area contributed by atoms with Crippen LogP contribution in [0.25, 0.3) is 0 Å². The van der Waals surface area contributed by atoms with E-state index in [0.29, 0.717) is 0 Å². The molecule has 0 unspecified atom stereocenters. The van der Waals surface area contributed by atoms with E-state index in [0.717, 1.165) is 22.8 Å². The van der Waals surface area contributed by atoms with E-state index in [-0.39, 0.29) is 17.0 Å². The highest BCUT2D eigenvalue weighted by Crippen LogP contribution is 2.31. The maximum atomic E-state index is 13.5. The lowest BCUT2D eigenvalue weighted by molar-refractivity contribution is 0.0846. The zero-order chi connectivity index (χ0) is 11.8. The van der Waals surface area contributed by atoms with E-state index in [1.807, 2.05) is 6.92 Å². The van der Waals surface area contributed by atoms with Crippen LogP contribution >= 0.6 is 22.6 Å². The highest BCUT2D eigenvalue weighted by molar-refractivity contribution is 14.1. The van der Waals surface area contributed by atoms with Gasteiger partial charge >= 0.3 is 0 Å². The first-order valence-electron chi connectivity index (χ1n) is 5.28. The Morgan fingerprint density at radius 3 is 2.75 bits per heavy atom. The van der Waals surface area contributed by atoms with Gasteiger partial charge in [0.1, 0.15) is 5.82 Å². The van der Waals surface area contributed by atoms with E-state index in [4.69, 9.17) is 0 Å². The first-order valence-corrected chi connectivity index (χ1v) is 6.36. The van der Waals surface area contributed by atoms with Crippen molar-refractivity contribution in [2.45, 2.75) is 31.7 Å². The number of carbonyl (C=O) groups is 1. The average Bonchev–Trinajstić information content (AvgIpc) is 2.19. The lowest BCUT2D eigenvalue weighted by atomic mass is 9.78. The van der Waals surface area contributed by atoms with Crippen molar-refractivity contribution >= 4 is 28.5 Å². The van der Waals surface area contributed by atoms with Crippen molar-refractivity contribution in [2.75, 3.05) is 0 Å². The molecule has 16 heavy (non-hydrogen) atoms. The molecule has 0 atom stereocenters. The van der Waals surface area contributed by atoms with E-state index in [1.165, 1.54) is 6.07 Å². The number of benzene rings is 1. The minimum Gasteiger partial charge on any atom is -0.347 e. The molecule has 1 saturated carbocycles. The van der Waals surface area contributed by atoms with Crippen LogP contribution in [0.1, 0.15) is 36.5 Å². The fraction of sp³-hybridized carbons (Fsp3) is 0.417. The molecule has 1 aliphatic rings. The first-order chi connectivity index (χ1) is 7.50. The third kappa shape index (κ3) is 2.36. The summed E-state index contributed by atoms with van der Waals surface area (Å²) in [6.07, 6.45) is 3.08. The van der Waals surface area contributed by atoms with Crippen molar-refractivity contribution in [1.82, 2.24) is 5.32 Å². The summed E-state index contributed by atoms with van der Waals surface area (Å²) in [5.74, 6) is -0.765. The Morgan fingerprint density at radius 2 is 2.19 bits per heavy atom. The first kappa shape index (κ1) is 11.8. The summed E-state index contributed by atoms with van der Waals surface area (Å²) in [6, 6.07) is 4.56. The number of hydrogen-bond acceptors (Lipinski definition) is 1. The van der Waals surface area contributed by atoms with E-state index < -0.39 is 5.82 Å². The smallest absolute Gasteiger partial charge is 0.254 e. The highest BCUT2D eigenvalue weighted by atomic mass is 127. The predicted octanol–water partition coefficient (Wildman–Crippen LogP) is 3.10. The van der Waals surface area contributed by atoms with Crippen LogP contribution in [0.2, 0.25) is 0 Å². The lowest BCUT2D eigenvalue weighted by Crippen LogP contribution is -2.51. The Hall–Kier alpha value is -0.650. The van der Waals surface area contributed by atoms with Gasteiger partial charge in [0.15, 0.2) is 0 Å². The molecule has 0 aromatic heterocycles. The molecule has 2 rings (SSSR count). The molecule has 86 valence electrons. The molecule has 1 N–H and O–H groups in total. The summed E-state index contributed by atoms with van der Waals surface area (Å²) >= 11 is 2.07. The highest BCUT2D eigenvalue weighted by Gasteiger charge is 2.33. The summed E-state index contributed by atoms with van der Waals surface area (Å²) in [5, 5.41) is 2.89. The quantitative estimate of drug-likeness (QED) is 0.828. The molecule has 0 heterocycles. The Morgan fingerprint density at radius 1 is 1.50 bits per heavy atom. The molecule has 0 spiro atoms. The zero-order valence-electron chi connectivity index (χ0n) is 9.02. The van der Waals surface area contributed by atoms with E-state index in [1.54, 1.807) is 12.1 Å². The summed E-state index contributed by atoms with van der Waals surface area (Å²) in [7, 11) is 0. The van der Waals surface area contributed by atoms with E-state index >= 15 is 0 Å². The van der Waals surface area contributed by atoms with Gasteiger partial charge in [-0.2, -0.15) is 0 Å². The number of nitrogens with one attached hydrogen (secondary N) is 1. The van der Waals surface area contributed by atoms with Crippen molar-refractivity contribution in [3.63, 3.8) is 0 Å². The van der Waals surface area contributed by atoms with Crippen molar-refractivity contribution < 1.29 is 9.18 Å². The normalized spacial score (nSPS) is 17.7. The maximum absolute atomic E-state index is 13.5. The largest absolute Gasteiger partial charge is 0.347 e. The zero-order valence-corrected chi connectivity index (χ0v) is 11.2. The number of rotatable bonds is 2. The summed E-state index contributed by atoms with van der Waals surface area (Å²) in [5.41, 5.74) is 0.00479. The fourth-order valence-corrected chi connectivity index (χ4v) is 2.34. The van der Waals surface area contributed by atoms with Gasteiger partial charge in [-0.1, -0.05) is 0 Å². The third-order valence-corrected chi connectivity index (χ3v) is 3.72. The monoisotopic (exact) mass is 333 g/mol. The van der Waals surface area contributed by atoms with Crippen LogP contribution in [-0.4, -0.2) is 11.4 Å². The van der Waals surface area contributed by atoms with Crippen molar-refractivity contribution in [3.05, 3.63) is 33.1 Å². The molecule has 0 aliphatic heterocycles. The van der Waals surface area contributed by atoms with Gasteiger partial charge in [0.25, 0.3) is 5.91 Å². The molecule has 0 bridgehead atoms. The van der Waals surface area contributed by atoms with Gasteiger partial charge in [0, 0.05) is 9.11 Å².